The lowest BCUT2D eigenvalue weighted by molar-refractivity contribution is 0.640. The summed E-state index contributed by atoms with van der Waals surface area (Å²) in [7, 11) is 0. The van der Waals surface area contributed by atoms with E-state index in [1.165, 1.54) is 6.07 Å². The Bertz CT molecular complexity index is 683. The third-order valence-corrected chi connectivity index (χ3v) is 3.75. The van der Waals surface area contributed by atoms with Crippen LogP contribution in [0.5, 0.6) is 0 Å². The van der Waals surface area contributed by atoms with E-state index in [1.807, 2.05) is 35.0 Å². The van der Waals surface area contributed by atoms with Crippen molar-refractivity contribution in [3.8, 4) is 0 Å². The lowest BCUT2D eigenvalue weighted by Gasteiger charge is -1.92. The van der Waals surface area contributed by atoms with Gasteiger partial charge in [-0.05, 0) is 24.3 Å². The van der Waals surface area contributed by atoms with Gasteiger partial charge in [-0.3, -0.25) is 0 Å². The average molecular weight is 258 g/mol. The molecule has 2 heterocycles. The minimum Gasteiger partial charge on any atom is -0.334 e. The van der Waals surface area contributed by atoms with Gasteiger partial charge in [-0.2, -0.15) is 0 Å². The molecule has 0 aliphatic heterocycles. The molecule has 90 valence electrons. The second kappa shape index (κ2) is 4.74. The van der Waals surface area contributed by atoms with Crippen molar-refractivity contribution in [3.63, 3.8) is 0 Å². The molecule has 4 heteroatoms. The number of allylic oxidation sites excluding steroid dienone is 1. The van der Waals surface area contributed by atoms with E-state index in [2.05, 4.69) is 4.98 Å². The Hall–Kier alpha value is -1.94. The van der Waals surface area contributed by atoms with E-state index in [4.69, 9.17) is 0 Å². The molecule has 3 aromatic rings. The molecule has 2 aromatic heterocycles. The van der Waals surface area contributed by atoms with Gasteiger partial charge < -0.3 is 4.57 Å². The van der Waals surface area contributed by atoms with Crippen LogP contribution in [0.1, 0.15) is 4.88 Å². The maximum atomic E-state index is 13.5. The van der Waals surface area contributed by atoms with Crippen molar-refractivity contribution in [2.45, 2.75) is 6.54 Å². The predicted molar refractivity (Wildman–Crippen MR) is 73.0 cm³/mol. The van der Waals surface area contributed by atoms with Gasteiger partial charge in [-0.15, -0.1) is 11.3 Å². The van der Waals surface area contributed by atoms with Crippen molar-refractivity contribution < 1.29 is 4.39 Å². The molecule has 0 amide bonds. The van der Waals surface area contributed by atoms with Crippen LogP contribution in [0.25, 0.3) is 16.2 Å². The number of nitrogens with zero attached hydrogens (tertiary/aromatic N) is 2. The minimum atomic E-state index is -0.155. The van der Waals surface area contributed by atoms with Crippen molar-refractivity contribution >= 4 is 27.5 Å². The zero-order chi connectivity index (χ0) is 12.4. The van der Waals surface area contributed by atoms with Crippen molar-refractivity contribution in [3.05, 3.63) is 59.8 Å². The third-order valence-electron chi connectivity index (χ3n) is 2.68. The van der Waals surface area contributed by atoms with E-state index in [9.17, 15) is 4.39 Å². The van der Waals surface area contributed by atoms with Crippen molar-refractivity contribution in [1.82, 2.24) is 9.55 Å². The van der Waals surface area contributed by atoms with Gasteiger partial charge in [0.05, 0.1) is 6.33 Å². The molecule has 0 saturated heterocycles. The third kappa shape index (κ3) is 2.19. The van der Waals surface area contributed by atoms with Crippen LogP contribution in [-0.2, 0) is 6.54 Å². The molecule has 0 unspecified atom stereocenters. The smallest absolute Gasteiger partial charge is 0.131 e. The fourth-order valence-electron chi connectivity index (χ4n) is 1.81. The normalized spacial score (nSPS) is 11.6. The quantitative estimate of drug-likeness (QED) is 0.695. The van der Waals surface area contributed by atoms with Crippen molar-refractivity contribution in [1.29, 1.82) is 0 Å². The van der Waals surface area contributed by atoms with Crippen molar-refractivity contribution in [2.24, 2.45) is 0 Å². The molecule has 0 aliphatic rings. The molecule has 1 aromatic carbocycles. The summed E-state index contributed by atoms with van der Waals surface area (Å²) in [5.41, 5.74) is 0. The topological polar surface area (TPSA) is 17.8 Å². The Balaban J connectivity index is 1.82. The number of benzene rings is 1. The van der Waals surface area contributed by atoms with Crippen LogP contribution in [0.15, 0.2) is 49.1 Å². The molecule has 0 spiro atoms. The molecule has 3 rings (SSSR count). The first-order valence-electron chi connectivity index (χ1n) is 5.63. The van der Waals surface area contributed by atoms with Gasteiger partial charge in [0.1, 0.15) is 5.82 Å². The van der Waals surface area contributed by atoms with Gasteiger partial charge in [0.15, 0.2) is 0 Å². The zero-order valence-electron chi connectivity index (χ0n) is 9.58. The summed E-state index contributed by atoms with van der Waals surface area (Å²) in [4.78, 5) is 5.04. The summed E-state index contributed by atoms with van der Waals surface area (Å²) in [6.07, 6.45) is 9.50. The highest BCUT2D eigenvalue weighted by molar-refractivity contribution is 7.19. The number of hydrogen-bond donors (Lipinski definition) is 0. The van der Waals surface area contributed by atoms with Gasteiger partial charge in [-0.1, -0.05) is 12.1 Å². The molecule has 0 saturated carbocycles. The fourth-order valence-corrected chi connectivity index (χ4v) is 2.82. The SMILES string of the molecule is Fc1cccc2sc(/C=C/Cn3ccnc3)cc12. The highest BCUT2D eigenvalue weighted by Crippen LogP contribution is 2.28. The summed E-state index contributed by atoms with van der Waals surface area (Å²) >= 11 is 1.60. The summed E-state index contributed by atoms with van der Waals surface area (Å²) in [5, 5.41) is 0.699. The van der Waals surface area contributed by atoms with Gasteiger partial charge >= 0.3 is 0 Å². The van der Waals surface area contributed by atoms with E-state index in [0.717, 1.165) is 16.1 Å². The zero-order valence-corrected chi connectivity index (χ0v) is 10.4. The Morgan fingerprint density at radius 3 is 3.11 bits per heavy atom. The standard InChI is InChI=1S/C14H11FN2S/c15-13-4-1-5-14-12(13)9-11(18-14)3-2-7-17-8-6-16-10-17/h1-6,8-10H,7H2/b3-2+. The van der Waals surface area contributed by atoms with Crippen LogP contribution in [0.4, 0.5) is 4.39 Å². The Labute approximate surface area is 108 Å². The lowest BCUT2D eigenvalue weighted by Crippen LogP contribution is -1.88. The first kappa shape index (κ1) is 11.2. The van der Waals surface area contributed by atoms with Gasteiger partial charge in [0.25, 0.3) is 0 Å². The van der Waals surface area contributed by atoms with E-state index < -0.39 is 0 Å². The molecule has 0 N–H and O–H groups in total. The molecular weight excluding hydrogens is 247 g/mol. The Morgan fingerprint density at radius 1 is 1.39 bits per heavy atom. The van der Waals surface area contributed by atoms with Crippen LogP contribution in [0.3, 0.4) is 0 Å². The number of imidazole rings is 1. The molecule has 0 bridgehead atoms. The maximum Gasteiger partial charge on any atom is 0.131 e. The Morgan fingerprint density at radius 2 is 2.33 bits per heavy atom. The maximum absolute atomic E-state index is 13.5. The number of aromatic nitrogens is 2. The molecule has 0 radical (unpaired) electrons. The summed E-state index contributed by atoms with van der Waals surface area (Å²) < 4.78 is 16.5. The lowest BCUT2D eigenvalue weighted by atomic mass is 10.2. The predicted octanol–water partition coefficient (Wildman–Crippen LogP) is 3.95. The number of hydrogen-bond acceptors (Lipinski definition) is 2. The summed E-state index contributed by atoms with van der Waals surface area (Å²) in [6, 6.07) is 7.07. The van der Waals surface area contributed by atoms with Crippen molar-refractivity contribution in [2.75, 3.05) is 0 Å². The highest BCUT2D eigenvalue weighted by Gasteiger charge is 2.03. The van der Waals surface area contributed by atoms with Crippen LogP contribution in [-0.4, -0.2) is 9.55 Å². The van der Waals surface area contributed by atoms with Crippen LogP contribution in [0.2, 0.25) is 0 Å². The van der Waals surface area contributed by atoms with Gasteiger partial charge in [0.2, 0.25) is 0 Å². The van der Waals surface area contributed by atoms with E-state index >= 15 is 0 Å². The molecule has 0 atom stereocenters. The summed E-state index contributed by atoms with van der Waals surface area (Å²) in [5.74, 6) is -0.155. The molecule has 18 heavy (non-hydrogen) atoms. The highest BCUT2D eigenvalue weighted by atomic mass is 32.1. The molecular formula is C14H11FN2S. The van der Waals surface area contributed by atoms with Crippen LogP contribution in [0, 0.1) is 5.82 Å². The van der Waals surface area contributed by atoms with Gasteiger partial charge in [-0.25, -0.2) is 9.37 Å². The first-order chi connectivity index (χ1) is 8.83. The second-order valence-corrected chi connectivity index (χ2v) is 5.08. The second-order valence-electron chi connectivity index (χ2n) is 3.96. The largest absolute Gasteiger partial charge is 0.334 e. The number of fused-ring (bicyclic) bond motifs is 1. The van der Waals surface area contributed by atoms with E-state index in [1.54, 1.807) is 29.9 Å². The van der Waals surface area contributed by atoms with E-state index in [0.29, 0.717) is 5.39 Å². The number of thiophene rings is 1. The minimum absolute atomic E-state index is 0.155. The average Bonchev–Trinajstić information content (AvgIpc) is 2.98. The van der Waals surface area contributed by atoms with E-state index in [-0.39, 0.29) is 5.82 Å². The van der Waals surface area contributed by atoms with Gasteiger partial charge in [0, 0.05) is 33.9 Å². The number of rotatable bonds is 3. The molecule has 2 nitrogen and oxygen atoms in total. The monoisotopic (exact) mass is 258 g/mol. The molecule has 0 fully saturated rings. The number of halogens is 1. The summed E-state index contributed by atoms with van der Waals surface area (Å²) in [6.45, 7) is 0.775. The van der Waals surface area contributed by atoms with Crippen LogP contribution >= 0.6 is 11.3 Å². The Kier molecular flexibility index (Phi) is 2.94. The molecule has 0 aliphatic carbocycles. The fraction of sp³-hybridized carbons (Fsp3) is 0.0714. The van der Waals surface area contributed by atoms with Crippen LogP contribution < -0.4 is 0 Å². The first-order valence-corrected chi connectivity index (χ1v) is 6.45.